The molecule has 0 radical (unpaired) electrons. The van der Waals surface area contributed by atoms with Gasteiger partial charge in [-0.3, -0.25) is 9.79 Å². The number of hydrogen-bond acceptors (Lipinski definition) is 5. The van der Waals surface area contributed by atoms with Crippen molar-refractivity contribution >= 4 is 17.4 Å². The molecule has 6 nitrogen and oxygen atoms in total. The number of nitrogens with one attached hydrogen (secondary N) is 1. The van der Waals surface area contributed by atoms with E-state index < -0.39 is 67.8 Å². The van der Waals surface area contributed by atoms with Crippen LogP contribution in [0.25, 0.3) is 0 Å². The third-order valence-electron chi connectivity index (χ3n) is 7.08. The van der Waals surface area contributed by atoms with E-state index in [-0.39, 0.29) is 57.6 Å². The number of nitrogens with zero attached hydrogens (tertiary/aromatic N) is 3. The van der Waals surface area contributed by atoms with Gasteiger partial charge in [0, 0.05) is 74.4 Å². The van der Waals surface area contributed by atoms with Crippen LogP contribution in [0.5, 0.6) is 0 Å². The van der Waals surface area contributed by atoms with Crippen LogP contribution in [-0.4, -0.2) is 62.8 Å². The second kappa shape index (κ2) is 12.1. The Morgan fingerprint density at radius 2 is 1.88 bits per heavy atom. The van der Waals surface area contributed by atoms with Crippen LogP contribution in [0.3, 0.4) is 0 Å². The fraction of sp³-hybridized carbons (Fsp3) is 0.394. The lowest BCUT2D eigenvalue weighted by Crippen LogP contribution is -2.44. The SMILES string of the molecule is [2H]c1c(F)cc(C([2H])([2H])c2ccc3c(c2)C(NC(=O)c2ccc(N4C([2H])([2H])C([2H])([2H])N(C([2H])([2H])[2H])C([2H])([2H])C4([2H])[2H])cc2CC2CCOCC2)=NC3)cc1F. The molecule has 41 heavy (non-hydrogen) atoms. The lowest BCUT2D eigenvalue weighted by Gasteiger charge is -2.34. The smallest absolute Gasteiger partial charge is 0.257 e. The number of anilines is 1. The van der Waals surface area contributed by atoms with E-state index >= 15 is 0 Å². The van der Waals surface area contributed by atoms with E-state index in [4.69, 9.17) is 23.9 Å². The van der Waals surface area contributed by atoms with Crippen LogP contribution >= 0.6 is 0 Å². The molecule has 2 saturated heterocycles. The molecule has 0 unspecified atom stereocenters. The summed E-state index contributed by atoms with van der Waals surface area (Å²) in [5.74, 6) is -3.19. The number of likely N-dealkylation sites (N-methyl/N-ethyl adjacent to an activating group) is 1. The molecule has 3 aromatic carbocycles. The Morgan fingerprint density at radius 1 is 1.10 bits per heavy atom. The highest BCUT2D eigenvalue weighted by molar-refractivity contribution is 6.14. The molecule has 1 N–H and O–H groups in total. The van der Waals surface area contributed by atoms with E-state index in [0.29, 0.717) is 37.2 Å². The van der Waals surface area contributed by atoms with Crippen LogP contribution in [0.4, 0.5) is 14.5 Å². The van der Waals surface area contributed by atoms with Crippen molar-refractivity contribution < 1.29 is 37.5 Å². The third-order valence-corrected chi connectivity index (χ3v) is 7.08. The predicted molar refractivity (Wildman–Crippen MR) is 157 cm³/mol. The van der Waals surface area contributed by atoms with Gasteiger partial charge in [-0.1, -0.05) is 12.1 Å². The van der Waals surface area contributed by atoms with Crippen LogP contribution in [0.15, 0.2) is 59.6 Å². The molecule has 2 fully saturated rings. The molecule has 0 aliphatic carbocycles. The highest BCUT2D eigenvalue weighted by Gasteiger charge is 2.24. The molecular formula is C33H36F2N4O2. The maximum absolute atomic E-state index is 14.2. The first-order valence-corrected chi connectivity index (χ1v) is 13.1. The number of ether oxygens (including phenoxy) is 1. The largest absolute Gasteiger partial charge is 0.381 e. The standard InChI is InChI=1S/C33H36F2N4O2/c1-38-8-10-39(11-9-38)29-4-5-30(26(19-29)15-22-6-12-41-13-7-22)33(40)37-32-31-18-23(2-3-25(31)21-36-32)14-24-16-27(34)20-28(35)17-24/h2-5,16-20,22H,6-15,21H2,1H3,(H,36,37,40)/i1D3,8D2,9D2,10D2,11D2,14D2,20D. The first-order valence-electron chi connectivity index (χ1n) is 20.1. The predicted octanol–water partition coefficient (Wildman–Crippen LogP) is 4.97. The second-order valence-corrected chi connectivity index (χ2v) is 9.90. The minimum atomic E-state index is -3.60. The number of fused-ring (bicyclic) bond motifs is 1. The fourth-order valence-corrected chi connectivity index (χ4v) is 5.04. The van der Waals surface area contributed by atoms with Gasteiger partial charge in [-0.25, -0.2) is 8.78 Å². The molecule has 3 aromatic rings. The van der Waals surface area contributed by atoms with Gasteiger partial charge in [-0.2, -0.15) is 0 Å². The van der Waals surface area contributed by atoms with Crippen LogP contribution in [0.2, 0.25) is 0 Å². The molecule has 0 saturated carbocycles. The van der Waals surface area contributed by atoms with E-state index in [1.807, 2.05) is 0 Å². The number of piperazine rings is 1. The third kappa shape index (κ3) is 6.49. The van der Waals surface area contributed by atoms with Crippen LogP contribution < -0.4 is 10.2 Å². The van der Waals surface area contributed by atoms with E-state index in [2.05, 4.69) is 10.3 Å². The Balaban J connectivity index is 1.37. The lowest BCUT2D eigenvalue weighted by atomic mass is 9.89. The lowest BCUT2D eigenvalue weighted by molar-refractivity contribution is 0.0664. The summed E-state index contributed by atoms with van der Waals surface area (Å²) < 4.78 is 151. The van der Waals surface area contributed by atoms with Crippen molar-refractivity contribution in [2.75, 3.05) is 51.1 Å². The average Bonchev–Trinajstić information content (AvgIpc) is 3.47. The van der Waals surface area contributed by atoms with Gasteiger partial charge in [-0.05, 0) is 97.2 Å². The summed E-state index contributed by atoms with van der Waals surface area (Å²) in [4.78, 5) is 18.3. The molecular weight excluding hydrogens is 522 g/mol. The quantitative estimate of drug-likeness (QED) is 0.454. The average molecular weight is 573 g/mol. The number of halogens is 2. The molecule has 8 heteroatoms. The molecule has 3 aliphatic rings. The Labute approximate surface area is 259 Å². The van der Waals surface area contributed by atoms with E-state index in [9.17, 15) is 13.6 Å². The highest BCUT2D eigenvalue weighted by Crippen LogP contribution is 2.28. The summed E-state index contributed by atoms with van der Waals surface area (Å²) >= 11 is 0. The summed E-state index contributed by atoms with van der Waals surface area (Å²) in [5.41, 5.74) is 0.494. The Hall–Kier alpha value is -3.62. The number of carbonyl (C=O) groups is 1. The van der Waals surface area contributed by atoms with Gasteiger partial charge in [0.15, 0.2) is 0 Å². The normalized spacial score (nSPS) is 28.4. The molecule has 0 spiro atoms. The Bertz CT molecular complexity index is 2000. The fourth-order valence-electron chi connectivity index (χ4n) is 5.04. The number of aliphatic imine (C=N–C) groups is 1. The summed E-state index contributed by atoms with van der Waals surface area (Å²) in [6.07, 6.45) is -1.07. The summed E-state index contributed by atoms with van der Waals surface area (Å²) in [5, 5.41) is 2.72. The monoisotopic (exact) mass is 572 g/mol. The topological polar surface area (TPSA) is 57.2 Å². The van der Waals surface area contributed by atoms with Crippen molar-refractivity contribution in [1.82, 2.24) is 10.2 Å². The van der Waals surface area contributed by atoms with Gasteiger partial charge < -0.3 is 19.9 Å². The van der Waals surface area contributed by atoms with E-state index in [1.54, 1.807) is 6.07 Å². The molecule has 1 amide bonds. The van der Waals surface area contributed by atoms with Gasteiger partial charge in [0.05, 0.1) is 13.4 Å². The zero-order valence-electron chi connectivity index (χ0n) is 35.9. The molecule has 214 valence electrons. The van der Waals surface area contributed by atoms with Gasteiger partial charge in [0.25, 0.3) is 5.91 Å². The van der Waals surface area contributed by atoms with Gasteiger partial charge in [0.2, 0.25) is 0 Å². The van der Waals surface area contributed by atoms with Gasteiger partial charge >= 0.3 is 0 Å². The molecule has 0 aromatic heterocycles. The minimum absolute atomic E-state index is 0.0157. The number of rotatable bonds is 6. The zero-order valence-corrected chi connectivity index (χ0v) is 21.9. The number of amidine groups is 1. The van der Waals surface area contributed by atoms with Gasteiger partial charge in [-0.15, -0.1) is 0 Å². The molecule has 6 rings (SSSR count). The minimum Gasteiger partial charge on any atom is -0.381 e. The summed E-state index contributed by atoms with van der Waals surface area (Å²) in [6.45, 7) is -16.8. The molecule has 0 bridgehead atoms. The van der Waals surface area contributed by atoms with Crippen molar-refractivity contribution in [3.05, 3.63) is 99.6 Å². The van der Waals surface area contributed by atoms with Crippen molar-refractivity contribution in [3.63, 3.8) is 0 Å². The number of carbonyl (C=O) groups excluding carboxylic acids is 1. The van der Waals surface area contributed by atoms with Crippen LogP contribution in [0, 0.1) is 17.6 Å². The van der Waals surface area contributed by atoms with Crippen LogP contribution in [-0.2, 0) is 24.1 Å². The second-order valence-electron chi connectivity index (χ2n) is 9.90. The molecule has 0 atom stereocenters. The maximum Gasteiger partial charge on any atom is 0.257 e. The highest BCUT2D eigenvalue weighted by atomic mass is 19.1. The van der Waals surface area contributed by atoms with Crippen molar-refractivity contribution in [3.8, 4) is 0 Å². The number of benzene rings is 3. The zero-order chi connectivity index (χ0) is 40.7. The summed E-state index contributed by atoms with van der Waals surface area (Å²) in [6, 6.07) is 8.49. The summed E-state index contributed by atoms with van der Waals surface area (Å²) in [7, 11) is 0. The van der Waals surface area contributed by atoms with Gasteiger partial charge in [0.1, 0.15) is 17.5 Å². The Kier molecular flexibility index (Phi) is 4.59. The van der Waals surface area contributed by atoms with Crippen molar-refractivity contribution in [1.29, 1.82) is 0 Å². The van der Waals surface area contributed by atoms with Crippen molar-refractivity contribution in [2.45, 2.75) is 32.2 Å². The van der Waals surface area contributed by atoms with Crippen LogP contribution in [0.1, 0.15) is 70.2 Å². The first kappa shape index (κ1) is 15.6. The first-order chi connectivity index (χ1) is 25.3. The van der Waals surface area contributed by atoms with E-state index in [0.717, 1.165) is 18.2 Å². The number of amides is 1. The number of hydrogen-bond donors (Lipinski definition) is 1. The molecule has 3 heterocycles. The van der Waals surface area contributed by atoms with E-state index in [1.165, 1.54) is 24.3 Å². The maximum atomic E-state index is 14.2. The molecule has 3 aliphatic heterocycles. The van der Waals surface area contributed by atoms with Crippen molar-refractivity contribution in [2.24, 2.45) is 10.9 Å². The Morgan fingerprint density at radius 3 is 2.63 bits per heavy atom.